The van der Waals surface area contributed by atoms with Crippen LogP contribution in [0.2, 0.25) is 0 Å². The minimum atomic E-state index is 0.157. The lowest BCUT2D eigenvalue weighted by atomic mass is 10.0. The molecule has 98 valence electrons. The molecule has 0 radical (unpaired) electrons. The van der Waals surface area contributed by atoms with E-state index in [0.717, 1.165) is 25.9 Å². The maximum atomic E-state index is 11.7. The predicted molar refractivity (Wildman–Crippen MR) is 73.4 cm³/mol. The molecular formula is C15H22N2O. The van der Waals surface area contributed by atoms with Gasteiger partial charge < -0.3 is 5.32 Å². The van der Waals surface area contributed by atoms with Crippen molar-refractivity contribution in [3.8, 4) is 0 Å². The molecule has 0 saturated carbocycles. The summed E-state index contributed by atoms with van der Waals surface area (Å²) in [5.41, 5.74) is 1.27. The summed E-state index contributed by atoms with van der Waals surface area (Å²) >= 11 is 0. The van der Waals surface area contributed by atoms with Gasteiger partial charge in [0, 0.05) is 19.1 Å². The molecule has 1 aromatic carbocycles. The second-order valence-corrected chi connectivity index (χ2v) is 4.91. The predicted octanol–water partition coefficient (Wildman–Crippen LogP) is 1.83. The van der Waals surface area contributed by atoms with Gasteiger partial charge in [0.1, 0.15) is 0 Å². The van der Waals surface area contributed by atoms with Crippen LogP contribution < -0.4 is 5.32 Å². The highest BCUT2D eigenvalue weighted by Gasteiger charge is 2.27. The number of nitrogens with zero attached hydrogens (tertiary/aromatic N) is 1. The maximum absolute atomic E-state index is 11.7. The SMILES string of the molecule is CC[C@@H]1CCN1CC(=O)NCCc1ccccc1. The Balaban J connectivity index is 1.63. The Morgan fingerprint density at radius 2 is 2.17 bits per heavy atom. The first kappa shape index (κ1) is 13.1. The second-order valence-electron chi connectivity index (χ2n) is 4.91. The monoisotopic (exact) mass is 246 g/mol. The van der Waals surface area contributed by atoms with Crippen LogP contribution in [0.15, 0.2) is 30.3 Å². The third kappa shape index (κ3) is 3.57. The molecule has 3 nitrogen and oxygen atoms in total. The number of nitrogens with one attached hydrogen (secondary N) is 1. The smallest absolute Gasteiger partial charge is 0.234 e. The van der Waals surface area contributed by atoms with Crippen molar-refractivity contribution in [1.29, 1.82) is 0 Å². The Morgan fingerprint density at radius 3 is 2.78 bits per heavy atom. The minimum absolute atomic E-state index is 0.157. The highest BCUT2D eigenvalue weighted by molar-refractivity contribution is 5.78. The second kappa shape index (κ2) is 6.55. The van der Waals surface area contributed by atoms with Crippen LogP contribution in [0.25, 0.3) is 0 Å². The Hall–Kier alpha value is -1.35. The van der Waals surface area contributed by atoms with Crippen molar-refractivity contribution in [3.63, 3.8) is 0 Å². The van der Waals surface area contributed by atoms with Crippen LogP contribution in [-0.4, -0.2) is 36.5 Å². The molecular weight excluding hydrogens is 224 g/mol. The van der Waals surface area contributed by atoms with Gasteiger partial charge in [-0.05, 0) is 24.8 Å². The average molecular weight is 246 g/mol. The molecule has 1 N–H and O–H groups in total. The quantitative estimate of drug-likeness (QED) is 0.830. The zero-order valence-corrected chi connectivity index (χ0v) is 11.1. The van der Waals surface area contributed by atoms with Gasteiger partial charge in [-0.3, -0.25) is 9.69 Å². The van der Waals surface area contributed by atoms with E-state index in [1.807, 2.05) is 18.2 Å². The molecule has 0 bridgehead atoms. The molecule has 0 aromatic heterocycles. The molecule has 0 spiro atoms. The Kier molecular flexibility index (Phi) is 4.76. The lowest BCUT2D eigenvalue weighted by molar-refractivity contribution is -0.124. The normalized spacial score (nSPS) is 19.3. The summed E-state index contributed by atoms with van der Waals surface area (Å²) < 4.78 is 0. The van der Waals surface area contributed by atoms with E-state index < -0.39 is 0 Å². The first-order valence-corrected chi connectivity index (χ1v) is 6.84. The lowest BCUT2D eigenvalue weighted by Gasteiger charge is -2.39. The molecule has 0 aliphatic carbocycles. The Labute approximate surface area is 109 Å². The zero-order chi connectivity index (χ0) is 12.8. The number of carbonyl (C=O) groups is 1. The topological polar surface area (TPSA) is 32.3 Å². The third-order valence-electron chi connectivity index (χ3n) is 3.66. The molecule has 1 aliphatic heterocycles. The number of benzene rings is 1. The van der Waals surface area contributed by atoms with E-state index in [-0.39, 0.29) is 5.91 Å². The van der Waals surface area contributed by atoms with E-state index >= 15 is 0 Å². The van der Waals surface area contributed by atoms with E-state index in [4.69, 9.17) is 0 Å². The summed E-state index contributed by atoms with van der Waals surface area (Å²) in [5, 5.41) is 2.99. The fourth-order valence-corrected chi connectivity index (χ4v) is 2.40. The first-order valence-electron chi connectivity index (χ1n) is 6.84. The van der Waals surface area contributed by atoms with Crippen molar-refractivity contribution in [2.24, 2.45) is 0 Å². The zero-order valence-electron chi connectivity index (χ0n) is 11.1. The molecule has 1 aliphatic rings. The fraction of sp³-hybridized carbons (Fsp3) is 0.533. The Bertz CT molecular complexity index is 375. The summed E-state index contributed by atoms with van der Waals surface area (Å²) in [5.74, 6) is 0.157. The summed E-state index contributed by atoms with van der Waals surface area (Å²) in [6.45, 7) is 4.55. The maximum Gasteiger partial charge on any atom is 0.234 e. The highest BCUT2D eigenvalue weighted by atomic mass is 16.2. The van der Waals surface area contributed by atoms with Crippen molar-refractivity contribution < 1.29 is 4.79 Å². The molecule has 1 fully saturated rings. The van der Waals surface area contributed by atoms with Crippen LogP contribution >= 0.6 is 0 Å². The van der Waals surface area contributed by atoms with Gasteiger partial charge in [0.05, 0.1) is 6.54 Å². The first-order chi connectivity index (χ1) is 8.79. The number of hydrogen-bond donors (Lipinski definition) is 1. The van der Waals surface area contributed by atoms with Gasteiger partial charge in [0.15, 0.2) is 0 Å². The lowest BCUT2D eigenvalue weighted by Crippen LogP contribution is -2.51. The van der Waals surface area contributed by atoms with Crippen LogP contribution in [0.3, 0.4) is 0 Å². The molecule has 18 heavy (non-hydrogen) atoms. The summed E-state index contributed by atoms with van der Waals surface area (Å²) in [4.78, 5) is 14.0. The minimum Gasteiger partial charge on any atom is -0.355 e. The summed E-state index contributed by atoms with van der Waals surface area (Å²) in [7, 11) is 0. The third-order valence-corrected chi connectivity index (χ3v) is 3.66. The summed E-state index contributed by atoms with van der Waals surface area (Å²) in [6.07, 6.45) is 3.30. The van der Waals surface area contributed by atoms with E-state index in [9.17, 15) is 4.79 Å². The van der Waals surface area contributed by atoms with E-state index in [2.05, 4.69) is 29.3 Å². The van der Waals surface area contributed by atoms with Gasteiger partial charge in [-0.25, -0.2) is 0 Å². The van der Waals surface area contributed by atoms with Gasteiger partial charge in [0.25, 0.3) is 0 Å². The molecule has 1 aromatic rings. The average Bonchev–Trinajstić information content (AvgIpc) is 2.37. The fourth-order valence-electron chi connectivity index (χ4n) is 2.40. The molecule has 2 rings (SSSR count). The van der Waals surface area contributed by atoms with Crippen LogP contribution in [-0.2, 0) is 11.2 Å². The van der Waals surface area contributed by atoms with Crippen LogP contribution in [0.4, 0.5) is 0 Å². The number of likely N-dealkylation sites (tertiary alicyclic amines) is 1. The van der Waals surface area contributed by atoms with Gasteiger partial charge >= 0.3 is 0 Å². The van der Waals surface area contributed by atoms with Crippen molar-refractivity contribution in [2.45, 2.75) is 32.2 Å². The Morgan fingerprint density at radius 1 is 1.39 bits per heavy atom. The summed E-state index contributed by atoms with van der Waals surface area (Å²) in [6, 6.07) is 10.9. The van der Waals surface area contributed by atoms with Crippen LogP contribution in [0.5, 0.6) is 0 Å². The van der Waals surface area contributed by atoms with E-state index in [1.165, 1.54) is 12.0 Å². The molecule has 3 heteroatoms. The van der Waals surface area contributed by atoms with Crippen molar-refractivity contribution in [2.75, 3.05) is 19.6 Å². The number of rotatable bonds is 6. The van der Waals surface area contributed by atoms with Crippen molar-refractivity contribution in [1.82, 2.24) is 10.2 Å². The van der Waals surface area contributed by atoms with E-state index in [0.29, 0.717) is 12.6 Å². The van der Waals surface area contributed by atoms with Gasteiger partial charge in [-0.15, -0.1) is 0 Å². The highest BCUT2D eigenvalue weighted by Crippen LogP contribution is 2.18. The standard InChI is InChI=1S/C15H22N2O/c1-2-14-9-11-17(14)12-15(18)16-10-8-13-6-4-3-5-7-13/h3-7,14H,2,8-12H2,1H3,(H,16,18)/t14-/m1/s1. The molecule has 0 unspecified atom stereocenters. The molecule has 1 amide bonds. The largest absolute Gasteiger partial charge is 0.355 e. The van der Waals surface area contributed by atoms with E-state index in [1.54, 1.807) is 0 Å². The molecule has 1 saturated heterocycles. The van der Waals surface area contributed by atoms with Crippen LogP contribution in [0.1, 0.15) is 25.3 Å². The van der Waals surface area contributed by atoms with Gasteiger partial charge in [0.2, 0.25) is 5.91 Å². The molecule has 1 atom stereocenters. The van der Waals surface area contributed by atoms with Gasteiger partial charge in [-0.1, -0.05) is 37.3 Å². The molecule has 1 heterocycles. The number of carbonyl (C=O) groups excluding carboxylic acids is 1. The number of hydrogen-bond acceptors (Lipinski definition) is 2. The van der Waals surface area contributed by atoms with Gasteiger partial charge in [-0.2, -0.15) is 0 Å². The van der Waals surface area contributed by atoms with Crippen LogP contribution in [0, 0.1) is 0 Å². The van der Waals surface area contributed by atoms with Crippen molar-refractivity contribution >= 4 is 5.91 Å². The van der Waals surface area contributed by atoms with Crippen molar-refractivity contribution in [3.05, 3.63) is 35.9 Å². The number of amides is 1.